The number of fused-ring (bicyclic) bond motifs is 1. The molecule has 17 heavy (non-hydrogen) atoms. The highest BCUT2D eigenvalue weighted by atomic mass is 15.3. The van der Waals surface area contributed by atoms with Crippen LogP contribution in [0.3, 0.4) is 0 Å². The smallest absolute Gasteiger partial charge is 0.122 e. The van der Waals surface area contributed by atoms with Gasteiger partial charge in [-0.1, -0.05) is 12.1 Å². The highest BCUT2D eigenvalue weighted by Crippen LogP contribution is 2.24. The van der Waals surface area contributed by atoms with E-state index in [2.05, 4.69) is 41.3 Å². The van der Waals surface area contributed by atoms with Gasteiger partial charge in [0.25, 0.3) is 0 Å². The lowest BCUT2D eigenvalue weighted by molar-refractivity contribution is 0.781. The second-order valence-corrected chi connectivity index (χ2v) is 4.35. The maximum Gasteiger partial charge on any atom is 0.122 e. The van der Waals surface area contributed by atoms with Crippen LogP contribution in [-0.2, 0) is 7.05 Å². The van der Waals surface area contributed by atoms with E-state index >= 15 is 0 Å². The van der Waals surface area contributed by atoms with Crippen molar-refractivity contribution in [3.05, 3.63) is 35.9 Å². The third-order valence-corrected chi connectivity index (χ3v) is 2.97. The monoisotopic (exact) mass is 226 g/mol. The molecular formula is C13H14N4. The molecule has 1 aromatic carbocycles. The summed E-state index contributed by atoms with van der Waals surface area (Å²) in [5.41, 5.74) is 10.0. The molecule has 0 aliphatic heterocycles. The third-order valence-electron chi connectivity index (χ3n) is 2.97. The minimum Gasteiger partial charge on any atom is -0.384 e. The summed E-state index contributed by atoms with van der Waals surface area (Å²) in [5.74, 6) is 0.662. The second-order valence-electron chi connectivity index (χ2n) is 4.35. The normalized spacial score (nSPS) is 11.2. The summed E-state index contributed by atoms with van der Waals surface area (Å²) in [6, 6.07) is 10.3. The van der Waals surface area contributed by atoms with Crippen LogP contribution in [0.2, 0.25) is 0 Å². The van der Waals surface area contributed by atoms with Gasteiger partial charge in [0.2, 0.25) is 0 Å². The van der Waals surface area contributed by atoms with Crippen molar-refractivity contribution < 1.29 is 0 Å². The molecule has 0 radical (unpaired) electrons. The summed E-state index contributed by atoms with van der Waals surface area (Å²) in [6.07, 6.45) is 0. The van der Waals surface area contributed by atoms with Gasteiger partial charge >= 0.3 is 0 Å². The number of nitrogens with zero attached hydrogens (tertiary/aromatic N) is 2. The standard InChI is InChI=1S/C13H14N4/c1-8-3-4-9-6-11(15-10(9)5-8)12-7-13(14)17(2)16-12/h3-7,15H,14H2,1-2H3. The number of aromatic amines is 1. The highest BCUT2D eigenvalue weighted by Gasteiger charge is 2.08. The summed E-state index contributed by atoms with van der Waals surface area (Å²) in [4.78, 5) is 3.36. The molecule has 2 heterocycles. The number of aromatic nitrogens is 3. The van der Waals surface area contributed by atoms with Crippen molar-refractivity contribution in [1.82, 2.24) is 14.8 Å². The highest BCUT2D eigenvalue weighted by molar-refractivity contribution is 5.85. The Kier molecular flexibility index (Phi) is 1.98. The molecule has 4 heteroatoms. The topological polar surface area (TPSA) is 59.6 Å². The number of hydrogen-bond acceptors (Lipinski definition) is 2. The van der Waals surface area contributed by atoms with E-state index in [1.54, 1.807) is 4.68 Å². The molecule has 3 aromatic rings. The fourth-order valence-corrected chi connectivity index (χ4v) is 1.99. The van der Waals surface area contributed by atoms with Gasteiger partial charge in [0.05, 0.1) is 5.69 Å². The van der Waals surface area contributed by atoms with Crippen LogP contribution in [0.15, 0.2) is 30.3 Å². The van der Waals surface area contributed by atoms with Crippen LogP contribution in [0.1, 0.15) is 5.56 Å². The molecule has 0 aliphatic rings. The van der Waals surface area contributed by atoms with Gasteiger partial charge in [0.15, 0.2) is 0 Å². The molecule has 0 spiro atoms. The van der Waals surface area contributed by atoms with Crippen LogP contribution >= 0.6 is 0 Å². The van der Waals surface area contributed by atoms with E-state index in [1.165, 1.54) is 10.9 Å². The first kappa shape index (κ1) is 9.96. The van der Waals surface area contributed by atoms with E-state index < -0.39 is 0 Å². The van der Waals surface area contributed by atoms with E-state index in [9.17, 15) is 0 Å². The average molecular weight is 226 g/mol. The van der Waals surface area contributed by atoms with Crippen molar-refractivity contribution in [2.75, 3.05) is 5.73 Å². The lowest BCUT2D eigenvalue weighted by Crippen LogP contribution is -1.96. The third kappa shape index (κ3) is 1.58. The van der Waals surface area contributed by atoms with Crippen molar-refractivity contribution in [3.63, 3.8) is 0 Å². The molecule has 0 saturated carbocycles. The van der Waals surface area contributed by atoms with Crippen molar-refractivity contribution in [3.8, 4) is 11.4 Å². The van der Waals surface area contributed by atoms with Gasteiger partial charge in [-0.3, -0.25) is 4.68 Å². The Hall–Kier alpha value is -2.23. The van der Waals surface area contributed by atoms with E-state index in [-0.39, 0.29) is 0 Å². The number of rotatable bonds is 1. The van der Waals surface area contributed by atoms with Gasteiger partial charge in [-0.2, -0.15) is 5.10 Å². The van der Waals surface area contributed by atoms with Crippen molar-refractivity contribution in [2.24, 2.45) is 7.05 Å². The van der Waals surface area contributed by atoms with Crippen molar-refractivity contribution >= 4 is 16.7 Å². The fourth-order valence-electron chi connectivity index (χ4n) is 1.99. The van der Waals surface area contributed by atoms with Gasteiger partial charge in [-0.25, -0.2) is 0 Å². The Morgan fingerprint density at radius 1 is 1.24 bits per heavy atom. The average Bonchev–Trinajstić information content (AvgIpc) is 2.83. The van der Waals surface area contributed by atoms with Crippen molar-refractivity contribution in [1.29, 1.82) is 0 Å². The molecule has 2 aromatic heterocycles. The molecule has 0 bridgehead atoms. The number of anilines is 1. The molecule has 0 saturated heterocycles. The zero-order valence-electron chi connectivity index (χ0n) is 9.86. The fraction of sp³-hybridized carbons (Fsp3) is 0.154. The first-order valence-corrected chi connectivity index (χ1v) is 5.53. The first-order valence-electron chi connectivity index (χ1n) is 5.53. The lowest BCUT2D eigenvalue weighted by Gasteiger charge is -1.91. The van der Waals surface area contributed by atoms with Gasteiger partial charge in [-0.05, 0) is 24.6 Å². The van der Waals surface area contributed by atoms with Gasteiger partial charge in [0.1, 0.15) is 11.5 Å². The predicted octanol–water partition coefficient (Wildman–Crippen LogP) is 2.46. The van der Waals surface area contributed by atoms with Crippen LogP contribution in [-0.4, -0.2) is 14.8 Å². The maximum atomic E-state index is 5.78. The van der Waals surface area contributed by atoms with Crippen molar-refractivity contribution in [2.45, 2.75) is 6.92 Å². The lowest BCUT2D eigenvalue weighted by atomic mass is 10.2. The zero-order chi connectivity index (χ0) is 12.0. The van der Waals surface area contributed by atoms with Crippen LogP contribution in [0, 0.1) is 6.92 Å². The Labute approximate surface area is 99.1 Å². The number of nitrogen functional groups attached to an aromatic ring is 1. The zero-order valence-corrected chi connectivity index (χ0v) is 9.86. The summed E-state index contributed by atoms with van der Waals surface area (Å²) in [7, 11) is 1.84. The summed E-state index contributed by atoms with van der Waals surface area (Å²) < 4.78 is 1.67. The van der Waals surface area contributed by atoms with E-state index in [0.29, 0.717) is 5.82 Å². The number of aryl methyl sites for hydroxylation is 2. The number of H-pyrrole nitrogens is 1. The molecule has 0 atom stereocenters. The van der Waals surface area contributed by atoms with E-state index in [4.69, 9.17) is 5.73 Å². The Morgan fingerprint density at radius 3 is 2.76 bits per heavy atom. The van der Waals surface area contributed by atoms with Gasteiger partial charge < -0.3 is 10.7 Å². The van der Waals surface area contributed by atoms with E-state index in [0.717, 1.165) is 16.9 Å². The molecular weight excluding hydrogens is 212 g/mol. The summed E-state index contributed by atoms with van der Waals surface area (Å²) >= 11 is 0. The molecule has 3 rings (SSSR count). The second kappa shape index (κ2) is 3.38. The quantitative estimate of drug-likeness (QED) is 0.669. The predicted molar refractivity (Wildman–Crippen MR) is 69.7 cm³/mol. The molecule has 0 unspecified atom stereocenters. The summed E-state index contributed by atoms with van der Waals surface area (Å²) in [5, 5.41) is 5.55. The van der Waals surface area contributed by atoms with Crippen LogP contribution < -0.4 is 5.73 Å². The molecule has 3 N–H and O–H groups in total. The number of benzene rings is 1. The first-order chi connectivity index (χ1) is 8.13. The Bertz CT molecular complexity index is 671. The Morgan fingerprint density at radius 2 is 2.06 bits per heavy atom. The van der Waals surface area contributed by atoms with Crippen LogP contribution in [0.25, 0.3) is 22.3 Å². The Balaban J connectivity index is 2.17. The minimum atomic E-state index is 0.662. The number of hydrogen-bond donors (Lipinski definition) is 2. The SMILES string of the molecule is Cc1ccc2cc(-c3cc(N)n(C)n3)[nH]c2c1. The van der Waals surface area contributed by atoms with Gasteiger partial charge in [0, 0.05) is 24.0 Å². The van der Waals surface area contributed by atoms with Crippen LogP contribution in [0.4, 0.5) is 5.82 Å². The number of nitrogens with two attached hydrogens (primary N) is 1. The molecule has 4 nitrogen and oxygen atoms in total. The molecule has 0 amide bonds. The minimum absolute atomic E-state index is 0.662. The molecule has 0 fully saturated rings. The largest absolute Gasteiger partial charge is 0.384 e. The van der Waals surface area contributed by atoms with E-state index in [1.807, 2.05) is 13.1 Å². The van der Waals surface area contributed by atoms with Gasteiger partial charge in [-0.15, -0.1) is 0 Å². The number of nitrogens with one attached hydrogen (secondary N) is 1. The molecule has 0 aliphatic carbocycles. The van der Waals surface area contributed by atoms with Crippen LogP contribution in [0.5, 0.6) is 0 Å². The summed E-state index contributed by atoms with van der Waals surface area (Å²) in [6.45, 7) is 2.08. The molecule has 86 valence electrons. The maximum absolute atomic E-state index is 5.78.